The van der Waals surface area contributed by atoms with Crippen LogP contribution in [-0.2, 0) is 4.79 Å². The van der Waals surface area contributed by atoms with Gasteiger partial charge >= 0.3 is 0 Å². The maximum absolute atomic E-state index is 13.8. The SMILES string of the molecule is CCCCCCOc1ccc(C2C(C(=O)Nc3cccc(C)c3C)=C(C)Nc3nc(SCC)nn32)cc1. The van der Waals surface area contributed by atoms with Crippen molar-refractivity contribution in [2.24, 2.45) is 0 Å². The molecule has 2 heterocycles. The van der Waals surface area contributed by atoms with E-state index in [0.29, 0.717) is 23.3 Å². The highest BCUT2D eigenvalue weighted by molar-refractivity contribution is 7.99. The zero-order chi connectivity index (χ0) is 26.4. The molecule has 4 rings (SSSR count). The van der Waals surface area contributed by atoms with E-state index in [0.717, 1.165) is 46.0 Å². The number of hydrogen-bond acceptors (Lipinski definition) is 6. The molecule has 1 atom stereocenters. The second-order valence-corrected chi connectivity index (χ2v) is 10.6. The second-order valence-electron chi connectivity index (χ2n) is 9.34. The van der Waals surface area contributed by atoms with Crippen LogP contribution in [0.1, 0.15) is 69.2 Å². The highest BCUT2D eigenvalue weighted by Gasteiger charge is 2.34. The third-order valence-electron chi connectivity index (χ3n) is 6.67. The summed E-state index contributed by atoms with van der Waals surface area (Å²) in [7, 11) is 0. The standard InChI is InChI=1S/C29H37N5O2S/c1-6-8-9-10-18-36-23-16-14-22(15-17-23)26-25(27(35)31-24-13-11-12-19(3)20(24)4)21(5)30-28-32-29(37-7-2)33-34(26)28/h11-17,26H,6-10,18H2,1-5H3,(H,31,35)(H,30,32,33). The lowest BCUT2D eigenvalue weighted by Crippen LogP contribution is -2.31. The molecule has 2 N–H and O–H groups in total. The molecule has 1 amide bonds. The largest absolute Gasteiger partial charge is 0.494 e. The Morgan fingerprint density at radius 3 is 2.59 bits per heavy atom. The van der Waals surface area contributed by atoms with Gasteiger partial charge in [0.05, 0.1) is 12.2 Å². The number of rotatable bonds is 11. The molecule has 0 fully saturated rings. The van der Waals surface area contributed by atoms with Gasteiger partial charge in [0.25, 0.3) is 5.91 Å². The molecule has 0 saturated carbocycles. The quantitative estimate of drug-likeness (QED) is 0.212. The molecule has 3 aromatic rings. The van der Waals surface area contributed by atoms with E-state index in [1.165, 1.54) is 19.3 Å². The van der Waals surface area contributed by atoms with Gasteiger partial charge in [0, 0.05) is 11.4 Å². The number of allylic oxidation sites excluding steroid dienone is 1. The van der Waals surface area contributed by atoms with Crippen molar-refractivity contribution in [2.45, 2.75) is 71.5 Å². The first-order chi connectivity index (χ1) is 17.9. The molecule has 1 aliphatic heterocycles. The molecule has 196 valence electrons. The van der Waals surface area contributed by atoms with Crippen LogP contribution in [0.5, 0.6) is 5.75 Å². The van der Waals surface area contributed by atoms with E-state index >= 15 is 0 Å². The first-order valence-corrected chi connectivity index (χ1v) is 14.1. The van der Waals surface area contributed by atoms with E-state index in [9.17, 15) is 4.79 Å². The Kier molecular flexibility index (Phi) is 8.92. The van der Waals surface area contributed by atoms with Crippen molar-refractivity contribution in [3.8, 4) is 5.75 Å². The number of nitrogens with one attached hydrogen (secondary N) is 2. The molecule has 0 bridgehead atoms. The Morgan fingerprint density at radius 2 is 1.86 bits per heavy atom. The van der Waals surface area contributed by atoms with E-state index < -0.39 is 6.04 Å². The summed E-state index contributed by atoms with van der Waals surface area (Å²) in [6.45, 7) is 11.0. The molecule has 1 aromatic heterocycles. The molecule has 1 unspecified atom stereocenters. The normalized spacial score (nSPS) is 14.8. The number of nitrogens with zero attached hydrogens (tertiary/aromatic N) is 3. The van der Waals surface area contributed by atoms with Gasteiger partial charge in [-0.2, -0.15) is 4.98 Å². The van der Waals surface area contributed by atoms with Gasteiger partial charge in [0.15, 0.2) is 0 Å². The smallest absolute Gasteiger partial charge is 0.255 e. The summed E-state index contributed by atoms with van der Waals surface area (Å²) in [5, 5.41) is 11.9. The summed E-state index contributed by atoms with van der Waals surface area (Å²) in [5.74, 6) is 2.17. The van der Waals surface area contributed by atoms with Crippen molar-refractivity contribution >= 4 is 29.3 Å². The Balaban J connectivity index is 1.64. The number of amides is 1. The lowest BCUT2D eigenvalue weighted by atomic mass is 9.94. The fourth-order valence-corrected chi connectivity index (χ4v) is 5.02. The van der Waals surface area contributed by atoms with Crippen LogP contribution in [0.3, 0.4) is 0 Å². The third-order valence-corrected chi connectivity index (χ3v) is 7.39. The number of hydrogen-bond donors (Lipinski definition) is 2. The van der Waals surface area contributed by atoms with Gasteiger partial charge in [-0.15, -0.1) is 5.10 Å². The van der Waals surface area contributed by atoms with Gasteiger partial charge in [-0.1, -0.05) is 69.1 Å². The number of fused-ring (bicyclic) bond motifs is 1. The predicted molar refractivity (Wildman–Crippen MR) is 152 cm³/mol. The summed E-state index contributed by atoms with van der Waals surface area (Å²) in [4.78, 5) is 18.4. The summed E-state index contributed by atoms with van der Waals surface area (Å²) >= 11 is 1.58. The average Bonchev–Trinajstić information content (AvgIpc) is 3.28. The minimum Gasteiger partial charge on any atom is -0.494 e. The van der Waals surface area contributed by atoms with Crippen LogP contribution in [0.4, 0.5) is 11.6 Å². The Morgan fingerprint density at radius 1 is 1.08 bits per heavy atom. The summed E-state index contributed by atoms with van der Waals surface area (Å²) in [6.07, 6.45) is 4.67. The number of anilines is 2. The van der Waals surface area contributed by atoms with E-state index in [1.807, 2.05) is 67.9 Å². The molecular weight excluding hydrogens is 482 g/mol. The topological polar surface area (TPSA) is 81.1 Å². The number of benzene rings is 2. The average molecular weight is 520 g/mol. The van der Waals surface area contributed by atoms with Gasteiger partial charge in [-0.3, -0.25) is 4.79 Å². The Bertz CT molecular complexity index is 1270. The monoisotopic (exact) mass is 519 g/mol. The second kappa shape index (κ2) is 12.3. The lowest BCUT2D eigenvalue weighted by molar-refractivity contribution is -0.113. The Hall–Kier alpha value is -3.26. The zero-order valence-electron chi connectivity index (χ0n) is 22.4. The number of thioether (sulfide) groups is 1. The zero-order valence-corrected chi connectivity index (χ0v) is 23.2. The minimum absolute atomic E-state index is 0.161. The van der Waals surface area contributed by atoms with Gasteiger partial charge in [0.1, 0.15) is 11.8 Å². The van der Waals surface area contributed by atoms with Gasteiger partial charge in [-0.05, 0) is 67.8 Å². The number of carbonyl (C=O) groups is 1. The highest BCUT2D eigenvalue weighted by atomic mass is 32.2. The predicted octanol–water partition coefficient (Wildman–Crippen LogP) is 6.89. The van der Waals surface area contributed by atoms with Crippen LogP contribution in [0.15, 0.2) is 58.9 Å². The number of aromatic nitrogens is 3. The van der Waals surface area contributed by atoms with Gasteiger partial charge in [0.2, 0.25) is 11.1 Å². The van der Waals surface area contributed by atoms with Crippen LogP contribution >= 0.6 is 11.8 Å². The first-order valence-electron chi connectivity index (χ1n) is 13.1. The molecule has 1 aliphatic rings. The van der Waals surface area contributed by atoms with Crippen LogP contribution in [-0.4, -0.2) is 33.0 Å². The van der Waals surface area contributed by atoms with Gasteiger partial charge < -0.3 is 15.4 Å². The molecule has 8 heteroatoms. The van der Waals surface area contributed by atoms with Crippen LogP contribution in [0, 0.1) is 13.8 Å². The molecule has 0 radical (unpaired) electrons. The van der Waals surface area contributed by atoms with Crippen molar-refractivity contribution in [2.75, 3.05) is 23.0 Å². The molecule has 0 aliphatic carbocycles. The van der Waals surface area contributed by atoms with Crippen LogP contribution in [0.25, 0.3) is 0 Å². The lowest BCUT2D eigenvalue weighted by Gasteiger charge is -2.29. The molecular formula is C29H37N5O2S. The van der Waals surface area contributed by atoms with Gasteiger partial charge in [-0.25, -0.2) is 4.68 Å². The van der Waals surface area contributed by atoms with E-state index in [-0.39, 0.29) is 5.91 Å². The third kappa shape index (κ3) is 6.18. The highest BCUT2D eigenvalue weighted by Crippen LogP contribution is 2.37. The fourth-order valence-electron chi connectivity index (χ4n) is 4.47. The maximum atomic E-state index is 13.8. The number of ether oxygens (including phenoxy) is 1. The molecule has 7 nitrogen and oxygen atoms in total. The molecule has 2 aromatic carbocycles. The molecule has 0 spiro atoms. The molecule has 0 saturated heterocycles. The van der Waals surface area contributed by atoms with Crippen molar-refractivity contribution in [3.05, 3.63) is 70.4 Å². The van der Waals surface area contributed by atoms with E-state index in [2.05, 4.69) is 29.5 Å². The number of carbonyl (C=O) groups excluding carboxylic acids is 1. The van der Waals surface area contributed by atoms with Crippen molar-refractivity contribution in [1.82, 2.24) is 14.8 Å². The van der Waals surface area contributed by atoms with Crippen LogP contribution in [0.2, 0.25) is 0 Å². The minimum atomic E-state index is -0.418. The van der Waals surface area contributed by atoms with Crippen molar-refractivity contribution in [3.63, 3.8) is 0 Å². The summed E-state index contributed by atoms with van der Waals surface area (Å²) < 4.78 is 7.78. The number of aryl methyl sites for hydroxylation is 1. The number of unbranched alkanes of at least 4 members (excludes halogenated alkanes) is 3. The molecule has 37 heavy (non-hydrogen) atoms. The maximum Gasteiger partial charge on any atom is 0.255 e. The van der Waals surface area contributed by atoms with E-state index in [4.69, 9.17) is 9.84 Å². The summed E-state index contributed by atoms with van der Waals surface area (Å²) in [5.41, 5.74) is 5.31. The Labute approximate surface area is 224 Å². The first kappa shape index (κ1) is 26.8. The van der Waals surface area contributed by atoms with Crippen molar-refractivity contribution in [1.29, 1.82) is 0 Å². The van der Waals surface area contributed by atoms with Crippen molar-refractivity contribution < 1.29 is 9.53 Å². The van der Waals surface area contributed by atoms with E-state index in [1.54, 1.807) is 11.8 Å². The fraction of sp³-hybridized carbons (Fsp3) is 0.414. The van der Waals surface area contributed by atoms with Crippen LogP contribution < -0.4 is 15.4 Å². The summed E-state index contributed by atoms with van der Waals surface area (Å²) in [6, 6.07) is 13.5.